The number of hydrogen-bond donors (Lipinski definition) is 1. The molecule has 2 heteroatoms. The molecule has 1 aliphatic carbocycles. The molecule has 1 saturated carbocycles. The topological polar surface area (TPSA) is 29.3 Å². The van der Waals surface area contributed by atoms with Crippen LogP contribution in [0.25, 0.3) is 0 Å². The normalized spacial score (nSPS) is 28.5. The molecule has 0 radical (unpaired) electrons. The maximum atomic E-state index is 6.03. The molecule has 3 rings (SSSR count). The number of nitrogens with zero attached hydrogens (tertiary/aromatic N) is 1. The standard InChI is InChI=1S/C17H26N2/c1-2-19-10-4-7-16(12-18)17(19)15-6-3-5-14(11-15)13-8-9-13/h3,5-6,11,13,16-17H,2,4,7-10,12,18H2,1H3. The second-order valence-electron chi connectivity index (χ2n) is 6.16. The van der Waals surface area contributed by atoms with Crippen LogP contribution in [-0.2, 0) is 0 Å². The molecule has 19 heavy (non-hydrogen) atoms. The van der Waals surface area contributed by atoms with Crippen LogP contribution in [0.5, 0.6) is 0 Å². The Hall–Kier alpha value is -0.860. The first-order chi connectivity index (χ1) is 9.33. The Bertz CT molecular complexity index is 413. The van der Waals surface area contributed by atoms with Gasteiger partial charge in [0.25, 0.3) is 0 Å². The fourth-order valence-electron chi connectivity index (χ4n) is 3.65. The molecule has 104 valence electrons. The van der Waals surface area contributed by atoms with Gasteiger partial charge in [-0.2, -0.15) is 0 Å². The van der Waals surface area contributed by atoms with Gasteiger partial charge in [0.2, 0.25) is 0 Å². The Morgan fingerprint density at radius 2 is 2.00 bits per heavy atom. The zero-order chi connectivity index (χ0) is 13.2. The Balaban J connectivity index is 1.89. The third kappa shape index (κ3) is 2.70. The number of rotatable bonds is 4. The van der Waals surface area contributed by atoms with E-state index in [1.54, 1.807) is 5.56 Å². The van der Waals surface area contributed by atoms with Crippen LogP contribution in [0.1, 0.15) is 55.7 Å². The van der Waals surface area contributed by atoms with Crippen molar-refractivity contribution in [3.05, 3.63) is 35.4 Å². The van der Waals surface area contributed by atoms with Crippen molar-refractivity contribution < 1.29 is 0 Å². The number of benzene rings is 1. The van der Waals surface area contributed by atoms with Crippen LogP contribution < -0.4 is 5.73 Å². The first kappa shape index (κ1) is 13.1. The van der Waals surface area contributed by atoms with E-state index in [1.165, 1.54) is 37.8 Å². The molecule has 2 unspecified atom stereocenters. The molecule has 2 fully saturated rings. The van der Waals surface area contributed by atoms with Crippen LogP contribution in [0.2, 0.25) is 0 Å². The van der Waals surface area contributed by atoms with Crippen LogP contribution in [0.3, 0.4) is 0 Å². The fourth-order valence-corrected chi connectivity index (χ4v) is 3.65. The minimum atomic E-state index is 0.544. The third-order valence-electron chi connectivity index (χ3n) is 4.87. The van der Waals surface area contributed by atoms with Gasteiger partial charge in [-0.3, -0.25) is 4.90 Å². The second-order valence-corrected chi connectivity index (χ2v) is 6.16. The van der Waals surface area contributed by atoms with E-state index >= 15 is 0 Å². The van der Waals surface area contributed by atoms with Crippen molar-refractivity contribution in [1.29, 1.82) is 0 Å². The zero-order valence-electron chi connectivity index (χ0n) is 12.0. The molecule has 0 spiro atoms. The van der Waals surface area contributed by atoms with Gasteiger partial charge in [-0.1, -0.05) is 31.2 Å². The summed E-state index contributed by atoms with van der Waals surface area (Å²) in [5.41, 5.74) is 9.08. The van der Waals surface area contributed by atoms with E-state index in [0.717, 1.165) is 19.0 Å². The number of piperidine rings is 1. The minimum absolute atomic E-state index is 0.544. The molecule has 2 atom stereocenters. The molecule has 1 aliphatic heterocycles. The molecule has 0 aromatic heterocycles. The van der Waals surface area contributed by atoms with E-state index in [4.69, 9.17) is 5.73 Å². The maximum Gasteiger partial charge on any atom is 0.0388 e. The molecule has 1 saturated heterocycles. The summed E-state index contributed by atoms with van der Waals surface area (Å²) < 4.78 is 0. The van der Waals surface area contributed by atoms with Gasteiger partial charge in [0.05, 0.1) is 0 Å². The van der Waals surface area contributed by atoms with Crippen molar-refractivity contribution in [2.75, 3.05) is 19.6 Å². The molecular weight excluding hydrogens is 232 g/mol. The van der Waals surface area contributed by atoms with Gasteiger partial charge in [0.15, 0.2) is 0 Å². The molecule has 1 heterocycles. The Labute approximate surface area is 117 Å². The van der Waals surface area contributed by atoms with Crippen molar-refractivity contribution in [3.8, 4) is 0 Å². The highest BCUT2D eigenvalue weighted by atomic mass is 15.2. The van der Waals surface area contributed by atoms with Crippen LogP contribution in [0.15, 0.2) is 24.3 Å². The summed E-state index contributed by atoms with van der Waals surface area (Å²) in [5.74, 6) is 1.47. The first-order valence-corrected chi connectivity index (χ1v) is 7.87. The summed E-state index contributed by atoms with van der Waals surface area (Å²) >= 11 is 0. The highest BCUT2D eigenvalue weighted by Gasteiger charge is 2.32. The molecule has 2 nitrogen and oxygen atoms in total. The van der Waals surface area contributed by atoms with Crippen molar-refractivity contribution in [2.24, 2.45) is 11.7 Å². The Kier molecular flexibility index (Phi) is 3.90. The first-order valence-electron chi connectivity index (χ1n) is 7.87. The average molecular weight is 258 g/mol. The van der Waals surface area contributed by atoms with Gasteiger partial charge in [-0.25, -0.2) is 0 Å². The minimum Gasteiger partial charge on any atom is -0.330 e. The summed E-state index contributed by atoms with van der Waals surface area (Å²) in [5, 5.41) is 0. The SMILES string of the molecule is CCN1CCCC(CN)C1c1cccc(C2CC2)c1. The lowest BCUT2D eigenvalue weighted by Gasteiger charge is -2.41. The summed E-state index contributed by atoms with van der Waals surface area (Å²) in [6, 6.07) is 9.87. The van der Waals surface area contributed by atoms with E-state index < -0.39 is 0 Å². The van der Waals surface area contributed by atoms with Crippen molar-refractivity contribution in [3.63, 3.8) is 0 Å². The van der Waals surface area contributed by atoms with Gasteiger partial charge >= 0.3 is 0 Å². The molecule has 0 amide bonds. The summed E-state index contributed by atoms with van der Waals surface area (Å²) in [6.45, 7) is 5.45. The molecule has 2 aliphatic rings. The lowest BCUT2D eigenvalue weighted by molar-refractivity contribution is 0.102. The fraction of sp³-hybridized carbons (Fsp3) is 0.647. The van der Waals surface area contributed by atoms with Gasteiger partial charge in [0.1, 0.15) is 0 Å². The van der Waals surface area contributed by atoms with Gasteiger partial charge in [0, 0.05) is 6.04 Å². The highest BCUT2D eigenvalue weighted by molar-refractivity contribution is 5.31. The summed E-state index contributed by atoms with van der Waals surface area (Å²) in [4.78, 5) is 2.62. The lowest BCUT2D eigenvalue weighted by Crippen LogP contribution is -2.41. The predicted molar refractivity (Wildman–Crippen MR) is 80.2 cm³/mol. The smallest absolute Gasteiger partial charge is 0.0388 e. The second kappa shape index (κ2) is 5.64. The average Bonchev–Trinajstić information content (AvgIpc) is 3.31. The van der Waals surface area contributed by atoms with E-state index in [0.29, 0.717) is 12.0 Å². The van der Waals surface area contributed by atoms with Gasteiger partial charge < -0.3 is 5.73 Å². The van der Waals surface area contributed by atoms with Crippen LogP contribution in [0, 0.1) is 5.92 Å². The molecule has 2 N–H and O–H groups in total. The van der Waals surface area contributed by atoms with Gasteiger partial charge in [-0.05, 0) is 68.3 Å². The zero-order valence-corrected chi connectivity index (χ0v) is 12.0. The van der Waals surface area contributed by atoms with E-state index in [9.17, 15) is 0 Å². The number of hydrogen-bond acceptors (Lipinski definition) is 2. The predicted octanol–water partition coefficient (Wildman–Crippen LogP) is 3.30. The Morgan fingerprint density at radius 1 is 1.21 bits per heavy atom. The summed E-state index contributed by atoms with van der Waals surface area (Å²) in [7, 11) is 0. The van der Waals surface area contributed by atoms with E-state index in [-0.39, 0.29) is 0 Å². The molecule has 1 aromatic rings. The molecular formula is C17H26N2. The van der Waals surface area contributed by atoms with Crippen LogP contribution in [0.4, 0.5) is 0 Å². The lowest BCUT2D eigenvalue weighted by atomic mass is 9.84. The summed E-state index contributed by atoms with van der Waals surface area (Å²) in [6.07, 6.45) is 5.34. The quantitative estimate of drug-likeness (QED) is 0.898. The van der Waals surface area contributed by atoms with Crippen LogP contribution in [-0.4, -0.2) is 24.5 Å². The largest absolute Gasteiger partial charge is 0.330 e. The maximum absolute atomic E-state index is 6.03. The number of likely N-dealkylation sites (tertiary alicyclic amines) is 1. The number of nitrogens with two attached hydrogens (primary N) is 1. The van der Waals surface area contributed by atoms with E-state index in [1.807, 2.05) is 0 Å². The molecule has 0 bridgehead atoms. The van der Waals surface area contributed by atoms with E-state index in [2.05, 4.69) is 36.1 Å². The Morgan fingerprint density at radius 3 is 2.68 bits per heavy atom. The van der Waals surface area contributed by atoms with Crippen LogP contribution >= 0.6 is 0 Å². The third-order valence-corrected chi connectivity index (χ3v) is 4.87. The van der Waals surface area contributed by atoms with Crippen molar-refractivity contribution in [1.82, 2.24) is 4.90 Å². The highest BCUT2D eigenvalue weighted by Crippen LogP contribution is 2.42. The van der Waals surface area contributed by atoms with Crippen molar-refractivity contribution in [2.45, 2.75) is 44.6 Å². The van der Waals surface area contributed by atoms with Gasteiger partial charge in [-0.15, -0.1) is 0 Å². The monoisotopic (exact) mass is 258 g/mol. The molecule has 1 aromatic carbocycles. The van der Waals surface area contributed by atoms with Crippen molar-refractivity contribution >= 4 is 0 Å².